The maximum Gasteiger partial charge on any atom is 0.240 e. The third-order valence-corrected chi connectivity index (χ3v) is 4.09. The van der Waals surface area contributed by atoms with E-state index in [1.165, 1.54) is 18.2 Å². The molecule has 0 atom stereocenters. The van der Waals surface area contributed by atoms with Crippen molar-refractivity contribution in [3.05, 3.63) is 53.8 Å². The fourth-order valence-corrected chi connectivity index (χ4v) is 2.65. The van der Waals surface area contributed by atoms with Gasteiger partial charge in [0.25, 0.3) is 0 Å². The molecule has 5 nitrogen and oxygen atoms in total. The number of nitrogens with two attached hydrogens (primary N) is 2. The molecule has 21 heavy (non-hydrogen) atoms. The average Bonchev–Trinajstić information content (AvgIpc) is 2.39. The third kappa shape index (κ3) is 3.50. The molecular weight excluding hydrogens is 293 g/mol. The largest absolute Gasteiger partial charge is 0.398 e. The highest BCUT2D eigenvalue weighted by Crippen LogP contribution is 2.24. The van der Waals surface area contributed by atoms with Gasteiger partial charge in [-0.2, -0.15) is 0 Å². The van der Waals surface area contributed by atoms with E-state index in [9.17, 15) is 12.8 Å². The van der Waals surface area contributed by atoms with Crippen molar-refractivity contribution in [2.24, 2.45) is 5.14 Å². The summed E-state index contributed by atoms with van der Waals surface area (Å²) in [6.07, 6.45) is 0. The van der Waals surface area contributed by atoms with Crippen LogP contribution in [0, 0.1) is 5.82 Å². The van der Waals surface area contributed by atoms with Crippen LogP contribution in [0.5, 0.6) is 0 Å². The van der Waals surface area contributed by atoms with Crippen molar-refractivity contribution in [3.8, 4) is 0 Å². The number of anilines is 2. The van der Waals surface area contributed by atoms with Crippen molar-refractivity contribution in [1.82, 2.24) is 0 Å². The van der Waals surface area contributed by atoms with Crippen LogP contribution < -0.4 is 15.8 Å². The molecule has 112 valence electrons. The summed E-state index contributed by atoms with van der Waals surface area (Å²) in [5.74, 6) is -0.293. The highest BCUT2D eigenvalue weighted by atomic mass is 32.2. The molecule has 0 aromatic heterocycles. The lowest BCUT2D eigenvalue weighted by Crippen LogP contribution is -2.19. The van der Waals surface area contributed by atoms with E-state index in [4.69, 9.17) is 10.9 Å². The van der Waals surface area contributed by atoms with Crippen LogP contribution in [0.3, 0.4) is 0 Å². The minimum atomic E-state index is -3.85. The Balaban J connectivity index is 2.27. The summed E-state index contributed by atoms with van der Waals surface area (Å²) in [5.41, 5.74) is 6.98. The van der Waals surface area contributed by atoms with Gasteiger partial charge in [0.2, 0.25) is 10.0 Å². The molecule has 0 unspecified atom stereocenters. The first-order valence-electron chi connectivity index (χ1n) is 6.16. The molecule has 0 aliphatic carbocycles. The van der Waals surface area contributed by atoms with Crippen molar-refractivity contribution in [2.75, 3.05) is 17.7 Å². The number of hydrogen-bond acceptors (Lipinski definition) is 4. The zero-order valence-corrected chi connectivity index (χ0v) is 12.3. The second-order valence-electron chi connectivity index (χ2n) is 4.71. The van der Waals surface area contributed by atoms with Crippen LogP contribution in [0.1, 0.15) is 5.56 Å². The molecule has 0 radical (unpaired) electrons. The van der Waals surface area contributed by atoms with Crippen molar-refractivity contribution >= 4 is 21.4 Å². The first-order valence-corrected chi connectivity index (χ1v) is 7.70. The molecule has 0 bridgehead atoms. The fourth-order valence-electron chi connectivity index (χ4n) is 2.01. The third-order valence-electron chi connectivity index (χ3n) is 3.11. The Kier molecular flexibility index (Phi) is 4.15. The van der Waals surface area contributed by atoms with E-state index in [1.807, 2.05) is 0 Å². The lowest BCUT2D eigenvalue weighted by atomic mass is 10.2. The molecule has 0 aliphatic heterocycles. The fraction of sp³-hybridized carbons (Fsp3) is 0.143. The number of primary sulfonamides is 1. The van der Waals surface area contributed by atoms with Gasteiger partial charge in [0.05, 0.1) is 5.69 Å². The highest BCUT2D eigenvalue weighted by Gasteiger charge is 2.14. The van der Waals surface area contributed by atoms with Gasteiger partial charge in [0.15, 0.2) is 0 Å². The van der Waals surface area contributed by atoms with Crippen molar-refractivity contribution in [2.45, 2.75) is 11.4 Å². The molecule has 0 saturated carbocycles. The quantitative estimate of drug-likeness (QED) is 0.841. The minimum Gasteiger partial charge on any atom is -0.398 e. The van der Waals surface area contributed by atoms with Crippen LogP contribution in [-0.4, -0.2) is 15.5 Å². The molecular formula is C14H16FN3O2S. The van der Waals surface area contributed by atoms with E-state index in [0.29, 0.717) is 17.8 Å². The first-order chi connectivity index (χ1) is 9.79. The Bertz CT molecular complexity index is 763. The summed E-state index contributed by atoms with van der Waals surface area (Å²) in [5, 5.41) is 5.06. The van der Waals surface area contributed by atoms with Gasteiger partial charge < -0.3 is 10.6 Å². The minimum absolute atomic E-state index is 0.0652. The van der Waals surface area contributed by atoms with Crippen molar-refractivity contribution in [3.63, 3.8) is 0 Å². The van der Waals surface area contributed by atoms with E-state index >= 15 is 0 Å². The van der Waals surface area contributed by atoms with E-state index < -0.39 is 10.0 Å². The second kappa shape index (κ2) is 5.71. The number of benzene rings is 2. The Morgan fingerprint density at radius 1 is 1.19 bits per heavy atom. The van der Waals surface area contributed by atoms with Crippen molar-refractivity contribution < 1.29 is 12.8 Å². The maximum atomic E-state index is 13.6. The molecule has 0 saturated heterocycles. The molecule has 0 fully saturated rings. The van der Waals surface area contributed by atoms with E-state index in [0.717, 1.165) is 0 Å². The Hall–Kier alpha value is -2.12. The average molecular weight is 309 g/mol. The van der Waals surface area contributed by atoms with Crippen LogP contribution in [0.15, 0.2) is 47.4 Å². The summed E-state index contributed by atoms with van der Waals surface area (Å²) in [4.78, 5) is 1.65. The Morgan fingerprint density at radius 3 is 2.43 bits per heavy atom. The van der Waals surface area contributed by atoms with Crippen molar-refractivity contribution in [1.29, 1.82) is 0 Å². The molecule has 0 spiro atoms. The number of halogens is 1. The van der Waals surface area contributed by atoms with Crippen LogP contribution in [0.4, 0.5) is 15.8 Å². The zero-order chi connectivity index (χ0) is 15.6. The van der Waals surface area contributed by atoms with Gasteiger partial charge in [0.1, 0.15) is 10.7 Å². The van der Waals surface area contributed by atoms with Gasteiger partial charge in [-0.3, -0.25) is 0 Å². The molecule has 2 rings (SSSR count). The monoisotopic (exact) mass is 309 g/mol. The SMILES string of the molecule is CN(Cc1ccccc1F)c1ccc(S(N)(=O)=O)c(N)c1. The molecule has 2 aromatic carbocycles. The lowest BCUT2D eigenvalue weighted by molar-refractivity contribution is 0.598. The van der Waals surface area contributed by atoms with Gasteiger partial charge in [0, 0.05) is 24.8 Å². The first kappa shape index (κ1) is 15.3. The summed E-state index contributed by atoms with van der Waals surface area (Å²) in [6.45, 7) is 0.334. The van der Waals surface area contributed by atoms with E-state index in [1.54, 1.807) is 36.2 Å². The normalized spacial score (nSPS) is 11.4. The zero-order valence-electron chi connectivity index (χ0n) is 11.5. The van der Waals surface area contributed by atoms with Gasteiger partial charge in [-0.1, -0.05) is 18.2 Å². The van der Waals surface area contributed by atoms with E-state index in [-0.39, 0.29) is 16.4 Å². The summed E-state index contributed by atoms with van der Waals surface area (Å²) >= 11 is 0. The summed E-state index contributed by atoms with van der Waals surface area (Å²) in [6, 6.07) is 10.9. The summed E-state index contributed by atoms with van der Waals surface area (Å²) in [7, 11) is -2.08. The van der Waals surface area contributed by atoms with E-state index in [2.05, 4.69) is 0 Å². The second-order valence-corrected chi connectivity index (χ2v) is 6.24. The number of sulfonamides is 1. The van der Waals surface area contributed by atoms with Crippen LogP contribution >= 0.6 is 0 Å². The number of nitrogens with zero attached hydrogens (tertiary/aromatic N) is 1. The molecule has 2 aromatic rings. The standard InChI is InChI=1S/C14H16FN3O2S/c1-18(9-10-4-2-3-5-12(10)15)11-6-7-14(13(16)8-11)21(17,19)20/h2-8H,9,16H2,1H3,(H2,17,19,20). The molecule has 0 aliphatic rings. The van der Waals surface area contributed by atoms with Gasteiger partial charge in [-0.25, -0.2) is 17.9 Å². The topological polar surface area (TPSA) is 89.4 Å². The number of hydrogen-bond donors (Lipinski definition) is 2. The Labute approximate surface area is 123 Å². The summed E-state index contributed by atoms with van der Waals surface area (Å²) < 4.78 is 36.2. The molecule has 0 amide bonds. The predicted octanol–water partition coefficient (Wildman–Crippen LogP) is 1.69. The molecule has 7 heteroatoms. The lowest BCUT2D eigenvalue weighted by Gasteiger charge is -2.20. The van der Waals surface area contributed by atoms with Crippen LogP contribution in [-0.2, 0) is 16.6 Å². The molecule has 4 N–H and O–H groups in total. The number of nitrogen functional groups attached to an aromatic ring is 1. The predicted molar refractivity (Wildman–Crippen MR) is 80.7 cm³/mol. The smallest absolute Gasteiger partial charge is 0.240 e. The van der Waals surface area contributed by atoms with Crippen LogP contribution in [0.25, 0.3) is 0 Å². The number of rotatable bonds is 4. The molecule has 0 heterocycles. The van der Waals surface area contributed by atoms with Crippen LogP contribution in [0.2, 0.25) is 0 Å². The van der Waals surface area contributed by atoms with Gasteiger partial charge in [-0.05, 0) is 24.3 Å². The maximum absolute atomic E-state index is 13.6. The highest BCUT2D eigenvalue weighted by molar-refractivity contribution is 7.89. The van der Waals surface area contributed by atoms with Gasteiger partial charge in [-0.15, -0.1) is 0 Å². The van der Waals surface area contributed by atoms with Gasteiger partial charge >= 0.3 is 0 Å². The Morgan fingerprint density at radius 2 is 1.86 bits per heavy atom.